The summed E-state index contributed by atoms with van der Waals surface area (Å²) in [5, 5.41) is 0.544. The number of hydrogen-bond donors (Lipinski definition) is 0. The van der Waals surface area contributed by atoms with Crippen molar-refractivity contribution in [1.29, 1.82) is 0 Å². The number of carbonyl (C=O) groups excluding carboxylic acids is 1. The molecule has 6 nitrogen and oxygen atoms in total. The van der Waals surface area contributed by atoms with Crippen molar-refractivity contribution in [2.45, 2.75) is 26.5 Å². The van der Waals surface area contributed by atoms with Crippen LogP contribution in [0.3, 0.4) is 0 Å². The third kappa shape index (κ3) is 4.08. The zero-order valence-corrected chi connectivity index (χ0v) is 14.7. The molecule has 134 valence electrons. The Kier molecular flexibility index (Phi) is 5.31. The molecule has 3 rings (SSSR count). The van der Waals surface area contributed by atoms with E-state index in [1.807, 2.05) is 19.9 Å². The lowest BCUT2D eigenvalue weighted by Crippen LogP contribution is -2.23. The highest BCUT2D eigenvalue weighted by Crippen LogP contribution is 2.14. The van der Waals surface area contributed by atoms with E-state index in [2.05, 4.69) is 4.98 Å². The SMILES string of the molecule is CC(C)Oc1ccc(C(=O)OCCn2cnc3ccccc3c2=O)cc1. The highest BCUT2D eigenvalue weighted by molar-refractivity contribution is 5.89. The Morgan fingerprint density at radius 1 is 1.12 bits per heavy atom. The second-order valence-corrected chi connectivity index (χ2v) is 6.09. The lowest BCUT2D eigenvalue weighted by atomic mass is 10.2. The lowest BCUT2D eigenvalue weighted by molar-refractivity contribution is 0.0490. The number of aromatic nitrogens is 2. The first-order chi connectivity index (χ1) is 12.5. The number of para-hydroxylation sites is 1. The van der Waals surface area contributed by atoms with E-state index in [0.717, 1.165) is 0 Å². The summed E-state index contributed by atoms with van der Waals surface area (Å²) < 4.78 is 12.2. The van der Waals surface area contributed by atoms with Crippen molar-refractivity contribution in [2.24, 2.45) is 0 Å². The minimum Gasteiger partial charge on any atom is -0.491 e. The maximum Gasteiger partial charge on any atom is 0.338 e. The molecule has 0 aliphatic carbocycles. The molecule has 2 aromatic carbocycles. The predicted octanol–water partition coefficient (Wildman–Crippen LogP) is 3.04. The average molecular weight is 352 g/mol. The summed E-state index contributed by atoms with van der Waals surface area (Å²) in [6, 6.07) is 13.9. The highest BCUT2D eigenvalue weighted by atomic mass is 16.5. The molecule has 0 bridgehead atoms. The summed E-state index contributed by atoms with van der Waals surface area (Å²) >= 11 is 0. The van der Waals surface area contributed by atoms with Gasteiger partial charge in [0.15, 0.2) is 0 Å². The van der Waals surface area contributed by atoms with Gasteiger partial charge >= 0.3 is 5.97 Å². The van der Waals surface area contributed by atoms with Gasteiger partial charge in [0.25, 0.3) is 5.56 Å². The maximum absolute atomic E-state index is 12.4. The molecule has 0 aliphatic heterocycles. The molecule has 0 saturated carbocycles. The molecule has 1 aromatic heterocycles. The van der Waals surface area contributed by atoms with E-state index < -0.39 is 5.97 Å². The Morgan fingerprint density at radius 2 is 1.85 bits per heavy atom. The first kappa shape index (κ1) is 17.7. The summed E-state index contributed by atoms with van der Waals surface area (Å²) in [4.78, 5) is 28.7. The van der Waals surface area contributed by atoms with E-state index in [0.29, 0.717) is 22.2 Å². The van der Waals surface area contributed by atoms with E-state index in [9.17, 15) is 9.59 Å². The highest BCUT2D eigenvalue weighted by Gasteiger charge is 2.09. The first-order valence-electron chi connectivity index (χ1n) is 8.42. The number of benzene rings is 2. The minimum absolute atomic E-state index is 0.0710. The van der Waals surface area contributed by atoms with Gasteiger partial charge in [0.2, 0.25) is 0 Å². The largest absolute Gasteiger partial charge is 0.491 e. The molecule has 1 heterocycles. The van der Waals surface area contributed by atoms with Gasteiger partial charge in [0, 0.05) is 0 Å². The monoisotopic (exact) mass is 352 g/mol. The fraction of sp³-hybridized carbons (Fsp3) is 0.250. The smallest absolute Gasteiger partial charge is 0.338 e. The van der Waals surface area contributed by atoms with Crippen molar-refractivity contribution in [1.82, 2.24) is 9.55 Å². The average Bonchev–Trinajstić information content (AvgIpc) is 2.64. The molecule has 0 unspecified atom stereocenters. The first-order valence-corrected chi connectivity index (χ1v) is 8.42. The van der Waals surface area contributed by atoms with Gasteiger partial charge in [-0.3, -0.25) is 9.36 Å². The summed E-state index contributed by atoms with van der Waals surface area (Å²) in [5.41, 5.74) is 0.932. The van der Waals surface area contributed by atoms with E-state index in [-0.39, 0.29) is 24.8 Å². The zero-order chi connectivity index (χ0) is 18.5. The topological polar surface area (TPSA) is 70.4 Å². The third-order valence-corrected chi connectivity index (χ3v) is 3.76. The summed E-state index contributed by atoms with van der Waals surface area (Å²) in [7, 11) is 0. The molecular formula is C20H20N2O4. The van der Waals surface area contributed by atoms with E-state index >= 15 is 0 Å². The number of esters is 1. The van der Waals surface area contributed by atoms with Crippen LogP contribution in [0.2, 0.25) is 0 Å². The third-order valence-electron chi connectivity index (χ3n) is 3.76. The van der Waals surface area contributed by atoms with Crippen LogP contribution in [0.15, 0.2) is 59.7 Å². The van der Waals surface area contributed by atoms with Gasteiger partial charge in [-0.15, -0.1) is 0 Å². The van der Waals surface area contributed by atoms with E-state index in [4.69, 9.17) is 9.47 Å². The van der Waals surface area contributed by atoms with Crippen LogP contribution >= 0.6 is 0 Å². The quantitative estimate of drug-likeness (QED) is 0.638. The molecule has 0 saturated heterocycles. The summed E-state index contributed by atoms with van der Waals surface area (Å²) in [6.45, 7) is 4.21. The number of carbonyl (C=O) groups is 1. The normalized spacial score (nSPS) is 10.9. The number of fused-ring (bicyclic) bond motifs is 1. The van der Waals surface area contributed by atoms with Crippen LogP contribution in [0, 0.1) is 0 Å². The lowest BCUT2D eigenvalue weighted by Gasteiger charge is -2.10. The Labute approximate surface area is 151 Å². The molecule has 0 fully saturated rings. The van der Waals surface area contributed by atoms with Gasteiger partial charge in [-0.2, -0.15) is 0 Å². The summed E-state index contributed by atoms with van der Waals surface area (Å²) in [5.74, 6) is 0.258. The van der Waals surface area contributed by atoms with Crippen LogP contribution in [0.1, 0.15) is 24.2 Å². The van der Waals surface area contributed by atoms with Crippen LogP contribution in [0.25, 0.3) is 10.9 Å². The number of rotatable bonds is 6. The fourth-order valence-electron chi connectivity index (χ4n) is 2.53. The molecule has 0 amide bonds. The second-order valence-electron chi connectivity index (χ2n) is 6.09. The number of ether oxygens (including phenoxy) is 2. The molecule has 0 atom stereocenters. The zero-order valence-electron chi connectivity index (χ0n) is 14.7. The van der Waals surface area contributed by atoms with Crippen LogP contribution in [-0.2, 0) is 11.3 Å². The Bertz CT molecular complexity index is 961. The Balaban J connectivity index is 1.60. The van der Waals surface area contributed by atoms with Crippen molar-refractivity contribution in [3.05, 3.63) is 70.8 Å². The van der Waals surface area contributed by atoms with E-state index in [1.165, 1.54) is 10.9 Å². The molecule has 0 radical (unpaired) electrons. The second kappa shape index (κ2) is 7.82. The Hall–Kier alpha value is -3.15. The van der Waals surface area contributed by atoms with Crippen LogP contribution in [-0.4, -0.2) is 28.2 Å². The van der Waals surface area contributed by atoms with Crippen molar-refractivity contribution in [3.63, 3.8) is 0 Å². The maximum atomic E-state index is 12.4. The van der Waals surface area contributed by atoms with Crippen LogP contribution in [0.4, 0.5) is 0 Å². The Morgan fingerprint density at radius 3 is 2.58 bits per heavy atom. The van der Waals surface area contributed by atoms with Crippen LogP contribution in [0.5, 0.6) is 5.75 Å². The van der Waals surface area contributed by atoms with Gasteiger partial charge in [0.05, 0.1) is 35.4 Å². The number of hydrogen-bond acceptors (Lipinski definition) is 5. The van der Waals surface area contributed by atoms with Crippen LogP contribution < -0.4 is 10.3 Å². The van der Waals surface area contributed by atoms with Gasteiger partial charge < -0.3 is 9.47 Å². The van der Waals surface area contributed by atoms with Gasteiger partial charge in [-0.1, -0.05) is 12.1 Å². The van der Waals surface area contributed by atoms with Crippen molar-refractivity contribution in [3.8, 4) is 5.75 Å². The molecule has 0 N–H and O–H groups in total. The van der Waals surface area contributed by atoms with Crippen molar-refractivity contribution < 1.29 is 14.3 Å². The molecule has 3 aromatic rings. The van der Waals surface area contributed by atoms with Gasteiger partial charge in [-0.05, 0) is 50.2 Å². The summed E-state index contributed by atoms with van der Waals surface area (Å²) in [6.07, 6.45) is 1.54. The molecular weight excluding hydrogens is 332 g/mol. The van der Waals surface area contributed by atoms with Gasteiger partial charge in [-0.25, -0.2) is 9.78 Å². The fourth-order valence-corrected chi connectivity index (χ4v) is 2.53. The molecule has 6 heteroatoms. The standard InChI is InChI=1S/C20H20N2O4/c1-14(2)26-16-9-7-15(8-10-16)20(24)25-12-11-22-13-21-18-6-4-3-5-17(18)19(22)23/h3-10,13-14H,11-12H2,1-2H3. The minimum atomic E-state index is -0.442. The molecule has 0 aliphatic rings. The van der Waals surface area contributed by atoms with Crippen molar-refractivity contribution in [2.75, 3.05) is 6.61 Å². The number of nitrogens with zero attached hydrogens (tertiary/aromatic N) is 2. The molecule has 26 heavy (non-hydrogen) atoms. The predicted molar refractivity (Wildman–Crippen MR) is 98.5 cm³/mol. The molecule has 0 spiro atoms. The van der Waals surface area contributed by atoms with E-state index in [1.54, 1.807) is 42.5 Å². The van der Waals surface area contributed by atoms with Crippen molar-refractivity contribution >= 4 is 16.9 Å². The van der Waals surface area contributed by atoms with Gasteiger partial charge in [0.1, 0.15) is 12.4 Å².